The number of carbonyl (C=O) groups excluding carboxylic acids is 15. The zero-order valence-electron chi connectivity index (χ0n) is 65.6. The van der Waals surface area contributed by atoms with Crippen LogP contribution in [0.4, 0.5) is 0 Å². The second-order valence-corrected chi connectivity index (χ2v) is 31.2. The first kappa shape index (κ1) is 92.9. The molecule has 2 bridgehead atoms. The number of ether oxygens (including phenoxy) is 2. The van der Waals surface area contributed by atoms with Crippen LogP contribution in [-0.4, -0.2) is 244 Å². The highest BCUT2D eigenvalue weighted by atomic mass is 33.1. The number of hydrogen-bond acceptors (Lipinski definition) is 21. The normalized spacial score (nSPS) is 27.5. The number of methoxy groups -OCH3 is 1. The molecule has 3 aliphatic heterocycles. The van der Waals surface area contributed by atoms with E-state index in [1.54, 1.807) is 102 Å². The fraction of sp³-hybridized carbons (Fsp3) is 0.605. The van der Waals surface area contributed by atoms with Gasteiger partial charge in [0.15, 0.2) is 6.04 Å². The van der Waals surface area contributed by atoms with Crippen LogP contribution >= 0.6 is 21.6 Å². The fourth-order valence-corrected chi connectivity index (χ4v) is 14.8. The Balaban J connectivity index is 1.80. The molecule has 36 heteroatoms. The molecule has 112 heavy (non-hydrogen) atoms. The predicted molar refractivity (Wildman–Crippen MR) is 415 cm³/mol. The van der Waals surface area contributed by atoms with E-state index in [2.05, 4.69) is 70.4 Å². The number of nitrogens with one attached hydrogen (secondary N) is 12. The second-order valence-electron chi connectivity index (χ2n) is 28.7. The van der Waals surface area contributed by atoms with Crippen LogP contribution in [0.15, 0.2) is 72.9 Å². The maximum Gasteiger partial charge on any atom is 0.331 e. The van der Waals surface area contributed by atoms with Crippen molar-refractivity contribution in [2.45, 2.75) is 237 Å². The van der Waals surface area contributed by atoms with Gasteiger partial charge < -0.3 is 93.3 Å². The largest absolute Gasteiger partial charge is 0.481 e. The van der Waals surface area contributed by atoms with Crippen LogP contribution in [0.1, 0.15) is 145 Å². The van der Waals surface area contributed by atoms with Gasteiger partial charge in [-0.2, -0.15) is 0 Å². The quantitative estimate of drug-likeness (QED) is 0.0465. The summed E-state index contributed by atoms with van der Waals surface area (Å²) < 4.78 is 11.5. The lowest BCUT2D eigenvalue weighted by Crippen LogP contribution is -2.63. The highest BCUT2D eigenvalue weighted by Gasteiger charge is 2.45. The highest BCUT2D eigenvalue weighted by molar-refractivity contribution is 8.76. The van der Waals surface area contributed by atoms with Gasteiger partial charge in [0.25, 0.3) is 5.91 Å². The molecule has 3 fully saturated rings. The summed E-state index contributed by atoms with van der Waals surface area (Å²) >= 11 is 0. The molecule has 0 aromatic heterocycles. The molecular formula is C76H112N14O20S2. The summed E-state index contributed by atoms with van der Waals surface area (Å²) in [6.07, 6.45) is -3.60. The smallest absolute Gasteiger partial charge is 0.331 e. The van der Waals surface area contributed by atoms with E-state index in [0.29, 0.717) is 24.0 Å². The number of rotatable bonds is 20. The van der Waals surface area contributed by atoms with Gasteiger partial charge in [0.2, 0.25) is 76.8 Å². The number of fused-ring (bicyclic) bond motifs is 6. The predicted octanol–water partition coefficient (Wildman–Crippen LogP) is -0.167. The van der Waals surface area contributed by atoms with Gasteiger partial charge in [0, 0.05) is 51.5 Å². The van der Waals surface area contributed by atoms with Gasteiger partial charge in [0.1, 0.15) is 78.6 Å². The van der Waals surface area contributed by atoms with Crippen LogP contribution < -0.4 is 63.8 Å². The van der Waals surface area contributed by atoms with Crippen LogP contribution in [0, 0.1) is 17.8 Å². The highest BCUT2D eigenvalue weighted by Crippen LogP contribution is 2.27. The summed E-state index contributed by atoms with van der Waals surface area (Å²) in [4.78, 5) is 235. The molecule has 34 nitrogen and oxygen atoms in total. The third kappa shape index (κ3) is 27.9. The first-order valence-electron chi connectivity index (χ1n) is 37.9. The van der Waals surface area contributed by atoms with Crippen molar-refractivity contribution in [3.63, 3.8) is 0 Å². The number of benzene rings is 2. The van der Waals surface area contributed by atoms with Gasteiger partial charge in [-0.1, -0.05) is 157 Å². The van der Waals surface area contributed by atoms with Gasteiger partial charge in [-0.3, -0.25) is 71.9 Å². The topological polar surface area (TPSA) is 483 Å². The van der Waals surface area contributed by atoms with E-state index >= 15 is 24.0 Å². The number of aliphatic hydroxyl groups is 1. The molecular weight excluding hydrogens is 1490 g/mol. The molecule has 14 amide bonds. The molecule has 618 valence electrons. The van der Waals surface area contributed by atoms with E-state index < -0.39 is 222 Å². The number of carboxylic acid groups (broad SMARTS) is 1. The van der Waals surface area contributed by atoms with E-state index in [9.17, 15) is 63.0 Å². The maximum atomic E-state index is 15.5. The van der Waals surface area contributed by atoms with Gasteiger partial charge in [-0.05, 0) is 81.8 Å². The molecule has 3 saturated heterocycles. The third-order valence-electron chi connectivity index (χ3n) is 20.1. The summed E-state index contributed by atoms with van der Waals surface area (Å²) in [5.41, 5.74) is 0.409. The Labute approximate surface area is 660 Å². The number of aliphatic carboxylic acids is 1. The van der Waals surface area contributed by atoms with Gasteiger partial charge in [0.05, 0.1) is 24.8 Å². The van der Waals surface area contributed by atoms with E-state index in [-0.39, 0.29) is 75.5 Å². The summed E-state index contributed by atoms with van der Waals surface area (Å²) in [5, 5.41) is 51.7. The van der Waals surface area contributed by atoms with Crippen molar-refractivity contribution < 1.29 is 96.4 Å². The van der Waals surface area contributed by atoms with Crippen LogP contribution in [0.25, 0.3) is 0 Å². The van der Waals surface area contributed by atoms with Crippen molar-refractivity contribution in [1.82, 2.24) is 73.6 Å². The lowest BCUT2D eigenvalue weighted by Gasteiger charge is -2.35. The van der Waals surface area contributed by atoms with Crippen LogP contribution in [0.2, 0.25) is 0 Å². The Morgan fingerprint density at radius 1 is 0.598 bits per heavy atom. The molecule has 1 unspecified atom stereocenters. The molecule has 0 aliphatic carbocycles. The van der Waals surface area contributed by atoms with Crippen molar-refractivity contribution >= 4 is 116 Å². The van der Waals surface area contributed by atoms with Crippen LogP contribution in [-0.2, 0) is 99.0 Å². The summed E-state index contributed by atoms with van der Waals surface area (Å²) in [6.45, 7) is 18.5. The molecule has 0 spiro atoms. The first-order chi connectivity index (χ1) is 53.1. The van der Waals surface area contributed by atoms with Gasteiger partial charge in [-0.25, -0.2) is 4.79 Å². The zero-order chi connectivity index (χ0) is 83.2. The monoisotopic (exact) mass is 1600 g/mol. The summed E-state index contributed by atoms with van der Waals surface area (Å²) in [5.74, 6) is -18.4. The lowest BCUT2D eigenvalue weighted by molar-refractivity contribution is -0.158. The van der Waals surface area contributed by atoms with Crippen molar-refractivity contribution in [2.24, 2.45) is 17.8 Å². The number of aliphatic hydroxyl groups excluding tert-OH is 1. The molecule has 3 heterocycles. The molecule has 18 atom stereocenters. The fourth-order valence-electron chi connectivity index (χ4n) is 12.5. The average molecular weight is 1610 g/mol. The van der Waals surface area contributed by atoms with Crippen molar-refractivity contribution in [2.75, 3.05) is 38.8 Å². The Morgan fingerprint density at radius 2 is 1.14 bits per heavy atom. The first-order valence-corrected chi connectivity index (χ1v) is 40.4. The molecule has 0 saturated carbocycles. The molecule has 0 radical (unpaired) electrons. The van der Waals surface area contributed by atoms with Crippen molar-refractivity contribution in [1.29, 1.82) is 0 Å². The number of nitrogens with zero attached hydrogens (tertiary/aromatic N) is 2. The van der Waals surface area contributed by atoms with Crippen LogP contribution in [0.3, 0.4) is 0 Å². The maximum absolute atomic E-state index is 15.5. The number of cyclic esters (lactones) is 1. The molecule has 3 aliphatic rings. The molecule has 5 rings (SSSR count). The Kier molecular flexibility index (Phi) is 37.9. The number of carbonyl (C=O) groups is 16. The summed E-state index contributed by atoms with van der Waals surface area (Å²) in [6, 6.07) is -4.09. The molecule has 2 aromatic carbocycles. The number of amides is 14. The van der Waals surface area contributed by atoms with Crippen molar-refractivity contribution in [3.05, 3.63) is 84.1 Å². The zero-order valence-corrected chi connectivity index (χ0v) is 67.3. The van der Waals surface area contributed by atoms with Crippen molar-refractivity contribution in [3.8, 4) is 0 Å². The minimum Gasteiger partial charge on any atom is -0.481 e. The standard InChI is InChI=1S/C76H112N14O20S2/c1-14-40(5)33-50-66(98)80-49(17-4)74(106)89(12)62(46(11)109-13)73(105)85-54(37-91)76(108)110-45(10)61-72(104)84-53(36-48-27-22-19-23-28-48)75(107)90-32-24-29-57(90)70(102)86-56(69(101)87-60(42(7)16-3)71(103)78-44(9)64(96)81-50)39-112-111-38-55(79-58(92)30-31-59(93)94)68(100)83-52(35-47-25-20-18-21-26-47)65(97)77-43(8)63(95)82-51(67(99)88-61)34-41(6)15-2/h18-23,25-28,40-43,45-46,49-57,60-62,91H,9,14-17,24,29-39H2,1-8,10-13H3,(H,77,97)(H,78,103)(H,79,92)(H,80,98)(H,81,96)(H,82,95)(H,83,100)(H,84,104)(H,85,105)(H,86,102)(H,87,101)(H,88,99)(H,93,94)/t40-,41+,42+,43-,45-,46-,49?,50+,51+,52-,53-,54+,55+,56+,57+,60+,61-,62+/m1/s1. The van der Waals surface area contributed by atoms with Crippen LogP contribution in [0.5, 0.6) is 0 Å². The number of carboxylic acids is 1. The molecule has 14 N–H and O–H groups in total. The van der Waals surface area contributed by atoms with E-state index in [0.717, 1.165) is 26.5 Å². The SMILES string of the molecule is C=C1NC(=O)[C@H]([C@@H](C)CC)NC(=O)[C@@H]2CSSC[C@H](NC(=O)CCC(=O)O)C(=O)N[C@H](Cc3ccccc3)C(=O)N[C@H](C)C(=O)N[C@@H](C[C@@H](C)CC)C(=O)N[C@@H](C(=O)N[C@H](Cc3ccccc3)C(=O)N3CCC[C@H]3C(=O)N2)[C@@H](C)OC(=O)[C@H](CO)NC(=O)[C@H]([C@@H](C)OC)N(C)C(=O)C(CC)NC(=O)[C@H](C[C@H](C)CC)NC1=O. The molecule has 2 aromatic rings. The Hall–Kier alpha value is -9.68. The van der Waals surface area contributed by atoms with Gasteiger partial charge in [-0.15, -0.1) is 0 Å². The number of likely N-dealkylation sites (N-methyl/N-ethyl adjacent to an activating group) is 1. The van der Waals surface area contributed by atoms with E-state index in [1.165, 1.54) is 39.8 Å². The Morgan fingerprint density at radius 3 is 1.71 bits per heavy atom. The lowest BCUT2D eigenvalue weighted by atomic mass is 9.97. The second kappa shape index (κ2) is 45.7. The minimum atomic E-state index is -2.04. The average Bonchev–Trinajstić information content (AvgIpc) is 1.43. The van der Waals surface area contributed by atoms with Gasteiger partial charge >= 0.3 is 11.9 Å². The number of esters is 1. The Bertz CT molecular complexity index is 3660. The van der Waals surface area contributed by atoms with E-state index in [4.69, 9.17) is 9.47 Å². The number of hydrogen-bond donors (Lipinski definition) is 14. The third-order valence-corrected chi connectivity index (χ3v) is 22.5. The summed E-state index contributed by atoms with van der Waals surface area (Å²) in [7, 11) is 4.23. The minimum absolute atomic E-state index is 0.00784. The van der Waals surface area contributed by atoms with E-state index in [1.807, 2.05) is 6.92 Å².